The number of aryl methyl sites for hydroxylation is 1. The van der Waals surface area contributed by atoms with Gasteiger partial charge in [-0.3, -0.25) is 0 Å². The summed E-state index contributed by atoms with van der Waals surface area (Å²) in [6.07, 6.45) is 2.30. The van der Waals surface area contributed by atoms with E-state index in [1.807, 2.05) is 25.1 Å². The van der Waals surface area contributed by atoms with Crippen molar-refractivity contribution in [3.05, 3.63) is 34.6 Å². The second-order valence-corrected chi connectivity index (χ2v) is 5.21. The molecular weight excluding hydrogens is 250 g/mol. The molecule has 0 radical (unpaired) electrons. The fourth-order valence-corrected chi connectivity index (χ4v) is 2.26. The Bertz CT molecular complexity index is 577. The van der Waals surface area contributed by atoms with Crippen LogP contribution >= 0.6 is 11.6 Å². The Morgan fingerprint density at radius 3 is 2.89 bits per heavy atom. The van der Waals surface area contributed by atoms with Crippen LogP contribution in [0.25, 0.3) is 11.5 Å². The van der Waals surface area contributed by atoms with Gasteiger partial charge in [0.2, 0.25) is 0 Å². The number of rotatable bonds is 3. The lowest BCUT2D eigenvalue weighted by Crippen LogP contribution is -2.13. The van der Waals surface area contributed by atoms with Gasteiger partial charge in [-0.25, -0.2) is 0 Å². The lowest BCUT2D eigenvalue weighted by Gasteiger charge is -2.02. The monoisotopic (exact) mass is 263 g/mol. The molecule has 1 aliphatic carbocycles. The molecule has 0 spiro atoms. The highest BCUT2D eigenvalue weighted by Crippen LogP contribution is 2.39. The number of benzene rings is 1. The maximum Gasteiger partial charge on any atom is 0.259 e. The third-order valence-electron chi connectivity index (χ3n) is 3.22. The molecule has 2 N–H and O–H groups in total. The van der Waals surface area contributed by atoms with E-state index in [1.54, 1.807) is 0 Å². The van der Waals surface area contributed by atoms with Gasteiger partial charge in [0.05, 0.1) is 16.6 Å². The first kappa shape index (κ1) is 11.7. The Morgan fingerprint density at radius 2 is 2.22 bits per heavy atom. The minimum Gasteiger partial charge on any atom is -0.334 e. The number of hydrogen-bond donors (Lipinski definition) is 1. The average Bonchev–Trinajstić information content (AvgIpc) is 3.07. The Morgan fingerprint density at radius 1 is 1.44 bits per heavy atom. The molecule has 18 heavy (non-hydrogen) atoms. The zero-order valence-electron chi connectivity index (χ0n) is 10.1. The van der Waals surface area contributed by atoms with Crippen molar-refractivity contribution in [2.75, 3.05) is 0 Å². The summed E-state index contributed by atoms with van der Waals surface area (Å²) in [5.74, 6) is 1.51. The number of aromatic nitrogens is 2. The Balaban J connectivity index is 1.92. The SMILES string of the molecule is Cc1ccc(-c2nc(C(N)C3CC3)no2)c(Cl)c1. The lowest BCUT2D eigenvalue weighted by molar-refractivity contribution is 0.411. The molecule has 1 fully saturated rings. The quantitative estimate of drug-likeness (QED) is 0.924. The van der Waals surface area contributed by atoms with E-state index in [2.05, 4.69) is 10.1 Å². The molecule has 3 rings (SSSR count). The van der Waals surface area contributed by atoms with Crippen molar-refractivity contribution in [2.24, 2.45) is 11.7 Å². The van der Waals surface area contributed by atoms with Gasteiger partial charge < -0.3 is 10.3 Å². The molecule has 1 atom stereocenters. The minimum absolute atomic E-state index is 0.119. The topological polar surface area (TPSA) is 64.9 Å². The zero-order chi connectivity index (χ0) is 12.7. The molecule has 4 nitrogen and oxygen atoms in total. The molecule has 1 heterocycles. The molecule has 0 aliphatic heterocycles. The van der Waals surface area contributed by atoms with E-state index in [0.29, 0.717) is 22.7 Å². The van der Waals surface area contributed by atoms with E-state index in [0.717, 1.165) is 24.0 Å². The van der Waals surface area contributed by atoms with Crippen molar-refractivity contribution in [1.82, 2.24) is 10.1 Å². The van der Waals surface area contributed by atoms with Crippen LogP contribution in [-0.4, -0.2) is 10.1 Å². The van der Waals surface area contributed by atoms with Crippen LogP contribution < -0.4 is 5.73 Å². The van der Waals surface area contributed by atoms with Crippen LogP contribution in [0.3, 0.4) is 0 Å². The summed E-state index contributed by atoms with van der Waals surface area (Å²) in [5.41, 5.74) is 7.89. The summed E-state index contributed by atoms with van der Waals surface area (Å²) < 4.78 is 5.24. The molecule has 2 aromatic rings. The Labute approximate surface area is 110 Å². The molecule has 5 heteroatoms. The molecule has 1 aromatic carbocycles. The average molecular weight is 264 g/mol. The predicted molar refractivity (Wildman–Crippen MR) is 69.1 cm³/mol. The molecular formula is C13H14ClN3O. The molecule has 1 aromatic heterocycles. The van der Waals surface area contributed by atoms with Gasteiger partial charge in [0, 0.05) is 0 Å². The van der Waals surface area contributed by atoms with Crippen molar-refractivity contribution < 1.29 is 4.52 Å². The summed E-state index contributed by atoms with van der Waals surface area (Å²) in [7, 11) is 0. The van der Waals surface area contributed by atoms with Gasteiger partial charge in [0.1, 0.15) is 0 Å². The first-order chi connectivity index (χ1) is 8.65. The van der Waals surface area contributed by atoms with E-state index in [-0.39, 0.29) is 6.04 Å². The first-order valence-electron chi connectivity index (χ1n) is 6.01. The standard InChI is InChI=1S/C13H14ClN3O/c1-7-2-5-9(10(14)6-7)13-16-12(17-18-13)11(15)8-3-4-8/h2,5-6,8,11H,3-4,15H2,1H3. The summed E-state index contributed by atoms with van der Waals surface area (Å²) in [4.78, 5) is 4.34. The molecule has 1 aliphatic rings. The highest BCUT2D eigenvalue weighted by molar-refractivity contribution is 6.33. The van der Waals surface area contributed by atoms with Crippen molar-refractivity contribution in [2.45, 2.75) is 25.8 Å². The van der Waals surface area contributed by atoms with E-state index in [1.165, 1.54) is 0 Å². The van der Waals surface area contributed by atoms with Gasteiger partial charge in [-0.05, 0) is 43.4 Å². The maximum atomic E-state index is 6.17. The number of halogens is 1. The highest BCUT2D eigenvalue weighted by Gasteiger charge is 2.32. The van der Waals surface area contributed by atoms with Crippen molar-refractivity contribution >= 4 is 11.6 Å². The molecule has 1 saturated carbocycles. The van der Waals surface area contributed by atoms with Crippen LogP contribution in [0, 0.1) is 12.8 Å². The third kappa shape index (κ3) is 2.13. The van der Waals surface area contributed by atoms with Crippen LogP contribution in [0.15, 0.2) is 22.7 Å². The number of hydrogen-bond acceptors (Lipinski definition) is 4. The molecule has 0 bridgehead atoms. The van der Waals surface area contributed by atoms with Crippen LogP contribution in [0.4, 0.5) is 0 Å². The molecule has 1 unspecified atom stereocenters. The second-order valence-electron chi connectivity index (χ2n) is 4.80. The Kier molecular flexibility index (Phi) is 2.84. The van der Waals surface area contributed by atoms with Gasteiger partial charge in [-0.1, -0.05) is 22.8 Å². The smallest absolute Gasteiger partial charge is 0.259 e. The largest absolute Gasteiger partial charge is 0.334 e. The Hall–Kier alpha value is -1.39. The fourth-order valence-electron chi connectivity index (χ4n) is 1.94. The normalized spacial score (nSPS) is 16.8. The fraction of sp³-hybridized carbons (Fsp3) is 0.385. The van der Waals surface area contributed by atoms with Crippen molar-refractivity contribution in [3.8, 4) is 11.5 Å². The van der Waals surface area contributed by atoms with Gasteiger partial charge in [-0.15, -0.1) is 0 Å². The van der Waals surface area contributed by atoms with Gasteiger partial charge in [0.15, 0.2) is 5.82 Å². The van der Waals surface area contributed by atoms with Crippen molar-refractivity contribution in [1.29, 1.82) is 0 Å². The van der Waals surface area contributed by atoms with Gasteiger partial charge >= 0.3 is 0 Å². The van der Waals surface area contributed by atoms with E-state index >= 15 is 0 Å². The van der Waals surface area contributed by atoms with Crippen LogP contribution in [-0.2, 0) is 0 Å². The molecule has 0 saturated heterocycles. The minimum atomic E-state index is -0.119. The van der Waals surface area contributed by atoms with Crippen LogP contribution in [0.1, 0.15) is 30.3 Å². The number of nitrogens with zero attached hydrogens (tertiary/aromatic N) is 2. The predicted octanol–water partition coefficient (Wildman–Crippen LogP) is 3.11. The van der Waals surface area contributed by atoms with Crippen molar-refractivity contribution in [3.63, 3.8) is 0 Å². The van der Waals surface area contributed by atoms with Gasteiger partial charge in [-0.2, -0.15) is 4.98 Å². The second kappa shape index (κ2) is 4.37. The molecule has 0 amide bonds. The third-order valence-corrected chi connectivity index (χ3v) is 3.54. The lowest BCUT2D eigenvalue weighted by atomic mass is 10.1. The first-order valence-corrected chi connectivity index (χ1v) is 6.38. The van der Waals surface area contributed by atoms with E-state index in [4.69, 9.17) is 21.9 Å². The maximum absolute atomic E-state index is 6.17. The van der Waals surface area contributed by atoms with Crippen LogP contribution in [0.5, 0.6) is 0 Å². The van der Waals surface area contributed by atoms with Gasteiger partial charge in [0.25, 0.3) is 5.89 Å². The zero-order valence-corrected chi connectivity index (χ0v) is 10.8. The van der Waals surface area contributed by atoms with E-state index in [9.17, 15) is 0 Å². The summed E-state index contributed by atoms with van der Waals surface area (Å²) in [6, 6.07) is 5.61. The number of nitrogens with two attached hydrogens (primary N) is 1. The molecule has 94 valence electrons. The summed E-state index contributed by atoms with van der Waals surface area (Å²) in [6.45, 7) is 1.98. The van der Waals surface area contributed by atoms with E-state index < -0.39 is 0 Å². The highest BCUT2D eigenvalue weighted by atomic mass is 35.5. The van der Waals surface area contributed by atoms with Crippen LogP contribution in [0.2, 0.25) is 5.02 Å². The summed E-state index contributed by atoms with van der Waals surface area (Å²) >= 11 is 6.17. The summed E-state index contributed by atoms with van der Waals surface area (Å²) in [5, 5.41) is 4.56.